The summed E-state index contributed by atoms with van der Waals surface area (Å²) in [5.41, 5.74) is 0.536. The number of rotatable bonds is 7. The first-order chi connectivity index (χ1) is 8.65. The van der Waals surface area contributed by atoms with Crippen LogP contribution in [-0.2, 0) is 14.3 Å². The van der Waals surface area contributed by atoms with E-state index >= 15 is 0 Å². The standard InChI is InChI=1S/C13H17NO4/c1-2-8-18-9-11(15)14-12(13(16)17)10-6-4-3-5-7-10/h3-7,12H,2,8-9H2,1H3,(H,14,15)(H,16,17)/t12-/m1/s1. The van der Waals surface area contributed by atoms with Gasteiger partial charge >= 0.3 is 5.97 Å². The van der Waals surface area contributed by atoms with Gasteiger partial charge in [0.25, 0.3) is 0 Å². The van der Waals surface area contributed by atoms with Gasteiger partial charge in [0.05, 0.1) is 0 Å². The van der Waals surface area contributed by atoms with Gasteiger partial charge < -0.3 is 15.2 Å². The number of amides is 1. The van der Waals surface area contributed by atoms with Crippen LogP contribution < -0.4 is 5.32 Å². The Morgan fingerprint density at radius 1 is 1.33 bits per heavy atom. The summed E-state index contributed by atoms with van der Waals surface area (Å²) in [5, 5.41) is 11.5. The van der Waals surface area contributed by atoms with Crippen molar-refractivity contribution in [1.29, 1.82) is 0 Å². The number of carbonyl (C=O) groups excluding carboxylic acids is 1. The molecule has 0 aliphatic carbocycles. The Morgan fingerprint density at radius 2 is 2.00 bits per heavy atom. The average molecular weight is 251 g/mol. The molecule has 1 aromatic carbocycles. The Hall–Kier alpha value is -1.88. The molecular formula is C13H17NO4. The molecule has 1 aromatic rings. The van der Waals surface area contributed by atoms with Gasteiger partial charge in [-0.15, -0.1) is 0 Å². The van der Waals surface area contributed by atoms with Crippen molar-refractivity contribution >= 4 is 11.9 Å². The van der Waals surface area contributed by atoms with Gasteiger partial charge in [-0.05, 0) is 12.0 Å². The molecule has 0 unspecified atom stereocenters. The van der Waals surface area contributed by atoms with Crippen LogP contribution in [0.5, 0.6) is 0 Å². The Labute approximate surface area is 106 Å². The van der Waals surface area contributed by atoms with Crippen molar-refractivity contribution in [3.05, 3.63) is 35.9 Å². The second-order valence-electron chi connectivity index (χ2n) is 3.80. The molecule has 0 radical (unpaired) electrons. The molecule has 0 spiro atoms. The van der Waals surface area contributed by atoms with Gasteiger partial charge in [0, 0.05) is 6.61 Å². The highest BCUT2D eigenvalue weighted by Crippen LogP contribution is 2.12. The Kier molecular flexibility index (Phi) is 5.87. The number of hydrogen-bond donors (Lipinski definition) is 2. The molecule has 0 saturated carbocycles. The zero-order valence-corrected chi connectivity index (χ0v) is 10.3. The molecule has 1 atom stereocenters. The van der Waals surface area contributed by atoms with Gasteiger partial charge in [0.1, 0.15) is 6.61 Å². The minimum atomic E-state index is -1.09. The van der Waals surface area contributed by atoms with Crippen molar-refractivity contribution in [3.63, 3.8) is 0 Å². The molecule has 0 aromatic heterocycles. The SMILES string of the molecule is CCCOCC(=O)N[C@@H](C(=O)O)c1ccccc1. The molecule has 18 heavy (non-hydrogen) atoms. The van der Waals surface area contributed by atoms with E-state index in [1.54, 1.807) is 30.3 Å². The third-order valence-electron chi connectivity index (χ3n) is 2.27. The molecular weight excluding hydrogens is 234 g/mol. The number of nitrogens with one attached hydrogen (secondary N) is 1. The first-order valence-corrected chi connectivity index (χ1v) is 5.80. The number of ether oxygens (including phenoxy) is 1. The molecule has 0 saturated heterocycles. The second-order valence-corrected chi connectivity index (χ2v) is 3.80. The van der Waals surface area contributed by atoms with Crippen LogP contribution in [0.3, 0.4) is 0 Å². The lowest BCUT2D eigenvalue weighted by atomic mass is 10.1. The van der Waals surface area contributed by atoms with E-state index in [2.05, 4.69) is 5.32 Å². The van der Waals surface area contributed by atoms with Crippen LogP contribution >= 0.6 is 0 Å². The zero-order chi connectivity index (χ0) is 13.4. The monoisotopic (exact) mass is 251 g/mol. The molecule has 0 fully saturated rings. The van der Waals surface area contributed by atoms with Crippen LogP contribution in [-0.4, -0.2) is 30.2 Å². The van der Waals surface area contributed by atoms with Gasteiger partial charge in [-0.25, -0.2) is 4.79 Å². The summed E-state index contributed by atoms with van der Waals surface area (Å²) < 4.78 is 5.06. The molecule has 0 aliphatic rings. The summed E-state index contributed by atoms with van der Waals surface area (Å²) in [4.78, 5) is 22.6. The summed E-state index contributed by atoms with van der Waals surface area (Å²) in [6.07, 6.45) is 0.814. The van der Waals surface area contributed by atoms with E-state index in [9.17, 15) is 9.59 Å². The highest BCUT2D eigenvalue weighted by molar-refractivity contribution is 5.85. The van der Waals surface area contributed by atoms with Crippen LogP contribution in [0.1, 0.15) is 24.9 Å². The number of aliphatic carboxylic acids is 1. The van der Waals surface area contributed by atoms with Gasteiger partial charge in [-0.3, -0.25) is 4.79 Å². The van der Waals surface area contributed by atoms with E-state index in [0.29, 0.717) is 12.2 Å². The number of carbonyl (C=O) groups is 2. The minimum absolute atomic E-state index is 0.121. The molecule has 0 aliphatic heterocycles. The second kappa shape index (κ2) is 7.45. The van der Waals surface area contributed by atoms with Crippen LogP contribution in [0.15, 0.2) is 30.3 Å². The van der Waals surface area contributed by atoms with Gasteiger partial charge in [0.2, 0.25) is 5.91 Å². The maximum absolute atomic E-state index is 11.5. The van der Waals surface area contributed by atoms with Gasteiger partial charge in [-0.2, -0.15) is 0 Å². The van der Waals surface area contributed by atoms with E-state index < -0.39 is 17.9 Å². The normalized spacial score (nSPS) is 11.8. The number of hydrogen-bond acceptors (Lipinski definition) is 3. The fourth-order valence-corrected chi connectivity index (χ4v) is 1.44. The third-order valence-corrected chi connectivity index (χ3v) is 2.27. The highest BCUT2D eigenvalue weighted by atomic mass is 16.5. The lowest BCUT2D eigenvalue weighted by Gasteiger charge is -2.14. The minimum Gasteiger partial charge on any atom is -0.479 e. The van der Waals surface area contributed by atoms with Crippen molar-refractivity contribution in [2.75, 3.05) is 13.2 Å². The lowest BCUT2D eigenvalue weighted by Crippen LogP contribution is -2.36. The highest BCUT2D eigenvalue weighted by Gasteiger charge is 2.21. The molecule has 0 bridgehead atoms. The average Bonchev–Trinajstić information content (AvgIpc) is 2.37. The Bertz CT molecular complexity index is 391. The summed E-state index contributed by atoms with van der Waals surface area (Å²) >= 11 is 0. The summed E-state index contributed by atoms with van der Waals surface area (Å²) in [7, 11) is 0. The predicted octanol–water partition coefficient (Wildman–Crippen LogP) is 1.36. The third kappa shape index (κ3) is 4.55. The molecule has 1 amide bonds. The molecule has 2 N–H and O–H groups in total. The maximum Gasteiger partial charge on any atom is 0.330 e. The number of carboxylic acids is 1. The topological polar surface area (TPSA) is 75.6 Å². The maximum atomic E-state index is 11.5. The lowest BCUT2D eigenvalue weighted by molar-refractivity contribution is -0.142. The van der Waals surface area contributed by atoms with Gasteiger partial charge in [-0.1, -0.05) is 37.3 Å². The zero-order valence-electron chi connectivity index (χ0n) is 10.3. The van der Waals surface area contributed by atoms with Crippen molar-refractivity contribution < 1.29 is 19.4 Å². The molecule has 1 rings (SSSR count). The number of carboxylic acid groups (broad SMARTS) is 1. The first-order valence-electron chi connectivity index (χ1n) is 5.80. The van der Waals surface area contributed by atoms with Crippen LogP contribution in [0.25, 0.3) is 0 Å². The van der Waals surface area contributed by atoms with Crippen molar-refractivity contribution in [3.8, 4) is 0 Å². The Morgan fingerprint density at radius 3 is 2.56 bits per heavy atom. The van der Waals surface area contributed by atoms with Crippen LogP contribution in [0, 0.1) is 0 Å². The smallest absolute Gasteiger partial charge is 0.330 e. The molecule has 0 heterocycles. The van der Waals surface area contributed by atoms with Crippen LogP contribution in [0.4, 0.5) is 0 Å². The fourth-order valence-electron chi connectivity index (χ4n) is 1.44. The molecule has 98 valence electrons. The van der Waals surface area contributed by atoms with E-state index in [0.717, 1.165) is 6.42 Å². The van der Waals surface area contributed by atoms with E-state index in [1.165, 1.54) is 0 Å². The van der Waals surface area contributed by atoms with Crippen molar-refractivity contribution in [2.45, 2.75) is 19.4 Å². The number of benzene rings is 1. The van der Waals surface area contributed by atoms with Crippen molar-refractivity contribution in [1.82, 2.24) is 5.32 Å². The van der Waals surface area contributed by atoms with E-state index in [4.69, 9.17) is 9.84 Å². The summed E-state index contributed by atoms with van der Waals surface area (Å²) in [6, 6.07) is 7.52. The summed E-state index contributed by atoms with van der Waals surface area (Å²) in [5.74, 6) is -1.52. The predicted molar refractivity (Wildman–Crippen MR) is 66.1 cm³/mol. The largest absolute Gasteiger partial charge is 0.479 e. The molecule has 5 nitrogen and oxygen atoms in total. The Balaban J connectivity index is 2.59. The van der Waals surface area contributed by atoms with Crippen molar-refractivity contribution in [2.24, 2.45) is 0 Å². The van der Waals surface area contributed by atoms with E-state index in [-0.39, 0.29) is 6.61 Å². The van der Waals surface area contributed by atoms with Crippen LogP contribution in [0.2, 0.25) is 0 Å². The quantitative estimate of drug-likeness (QED) is 0.717. The summed E-state index contributed by atoms with van der Waals surface area (Å²) in [6.45, 7) is 2.29. The fraction of sp³-hybridized carbons (Fsp3) is 0.385. The van der Waals surface area contributed by atoms with E-state index in [1.807, 2.05) is 6.92 Å². The first kappa shape index (κ1) is 14.2. The van der Waals surface area contributed by atoms with Gasteiger partial charge in [0.15, 0.2) is 6.04 Å². The molecule has 5 heteroatoms.